The van der Waals surface area contributed by atoms with Gasteiger partial charge < -0.3 is 25.4 Å². The van der Waals surface area contributed by atoms with E-state index in [2.05, 4.69) is 20.9 Å². The highest BCUT2D eigenvalue weighted by atomic mass is 16.5. The van der Waals surface area contributed by atoms with Crippen LogP contribution in [-0.4, -0.2) is 50.1 Å². The molecular formula is C23H30N4O4. The number of carbonyl (C=O) groups excluding carboxylic acids is 2. The van der Waals surface area contributed by atoms with Crippen molar-refractivity contribution in [3.63, 3.8) is 0 Å². The molecule has 8 nitrogen and oxygen atoms in total. The zero-order valence-electron chi connectivity index (χ0n) is 18.5. The molecule has 0 radical (unpaired) electrons. The number of amides is 2. The van der Waals surface area contributed by atoms with Crippen LogP contribution in [0.1, 0.15) is 36.2 Å². The van der Waals surface area contributed by atoms with Crippen LogP contribution in [0.2, 0.25) is 0 Å². The van der Waals surface area contributed by atoms with E-state index in [1.165, 1.54) is 6.20 Å². The molecular weight excluding hydrogens is 396 g/mol. The van der Waals surface area contributed by atoms with Gasteiger partial charge in [-0.3, -0.25) is 14.6 Å². The largest absolute Gasteiger partial charge is 0.493 e. The molecule has 1 aromatic carbocycles. The summed E-state index contributed by atoms with van der Waals surface area (Å²) in [6.45, 7) is 5.67. The van der Waals surface area contributed by atoms with Crippen molar-refractivity contribution in [2.24, 2.45) is 5.92 Å². The van der Waals surface area contributed by atoms with Crippen molar-refractivity contribution < 1.29 is 19.1 Å². The molecule has 3 rings (SSSR count). The van der Waals surface area contributed by atoms with Crippen LogP contribution in [0.4, 0.5) is 0 Å². The van der Waals surface area contributed by atoms with Crippen LogP contribution in [0, 0.1) is 5.92 Å². The third-order valence-electron chi connectivity index (χ3n) is 5.11. The number of fused-ring (bicyclic) bond motifs is 5. The van der Waals surface area contributed by atoms with Gasteiger partial charge in [0.25, 0.3) is 5.91 Å². The van der Waals surface area contributed by atoms with Gasteiger partial charge in [0.05, 0.1) is 19.8 Å². The lowest BCUT2D eigenvalue weighted by atomic mass is 10.00. The fraction of sp³-hybridized carbons (Fsp3) is 0.435. The maximum Gasteiger partial charge on any atom is 0.253 e. The van der Waals surface area contributed by atoms with Gasteiger partial charge in [-0.15, -0.1) is 0 Å². The zero-order valence-corrected chi connectivity index (χ0v) is 18.5. The SMILES string of the molecule is COc1cc2cc(c1OC)-c1cncc(c1)C(=O)N[C@H](CC(C)C)C(=O)NCCNC2. The van der Waals surface area contributed by atoms with Crippen LogP contribution in [0.5, 0.6) is 11.5 Å². The second-order valence-electron chi connectivity index (χ2n) is 7.96. The standard InChI is InChI=1S/C23H30N4O4/c1-14(2)7-19-23(29)26-6-5-24-11-15-8-18(21(31-4)20(9-15)30-3)16-10-17(13-25-12-16)22(28)27-19/h8-10,12-14,19,24H,5-7,11H2,1-4H3,(H,26,29)(H,27,28)/t19-/m1/s1. The quantitative estimate of drug-likeness (QED) is 0.692. The van der Waals surface area contributed by atoms with Crippen LogP contribution in [0.25, 0.3) is 11.1 Å². The Bertz CT molecular complexity index is 945. The number of methoxy groups -OCH3 is 2. The molecule has 1 atom stereocenters. The van der Waals surface area contributed by atoms with Crippen molar-refractivity contribution in [3.8, 4) is 22.6 Å². The molecule has 4 bridgehead atoms. The summed E-state index contributed by atoms with van der Waals surface area (Å²) >= 11 is 0. The number of pyridine rings is 1. The first-order valence-corrected chi connectivity index (χ1v) is 10.4. The second kappa shape index (κ2) is 10.3. The number of nitrogens with one attached hydrogen (secondary N) is 3. The number of hydrogen-bond acceptors (Lipinski definition) is 6. The predicted molar refractivity (Wildman–Crippen MR) is 118 cm³/mol. The van der Waals surface area contributed by atoms with E-state index in [4.69, 9.17) is 9.47 Å². The van der Waals surface area contributed by atoms with Crippen LogP contribution in [0.15, 0.2) is 30.6 Å². The summed E-state index contributed by atoms with van der Waals surface area (Å²) in [6, 6.07) is 5.04. The number of aromatic nitrogens is 1. The van der Waals surface area contributed by atoms with Crippen molar-refractivity contribution in [2.75, 3.05) is 27.3 Å². The Kier molecular flexibility index (Phi) is 7.46. The van der Waals surface area contributed by atoms with Crippen LogP contribution >= 0.6 is 0 Å². The monoisotopic (exact) mass is 426 g/mol. The van der Waals surface area contributed by atoms with Crippen molar-refractivity contribution in [1.82, 2.24) is 20.9 Å². The highest BCUT2D eigenvalue weighted by Crippen LogP contribution is 2.39. The van der Waals surface area contributed by atoms with Gasteiger partial charge in [0.2, 0.25) is 5.91 Å². The van der Waals surface area contributed by atoms with Crippen LogP contribution < -0.4 is 25.4 Å². The highest BCUT2D eigenvalue weighted by Gasteiger charge is 2.23. The second-order valence-corrected chi connectivity index (χ2v) is 7.96. The van der Waals surface area contributed by atoms with Crippen molar-refractivity contribution in [2.45, 2.75) is 32.9 Å². The van der Waals surface area contributed by atoms with E-state index < -0.39 is 6.04 Å². The molecule has 2 heterocycles. The van der Waals surface area contributed by atoms with E-state index in [0.29, 0.717) is 43.1 Å². The average molecular weight is 427 g/mol. The highest BCUT2D eigenvalue weighted by molar-refractivity contribution is 5.98. The number of ether oxygens (including phenoxy) is 2. The van der Waals surface area contributed by atoms with Gasteiger partial charge in [-0.25, -0.2) is 0 Å². The Morgan fingerprint density at radius 1 is 1.06 bits per heavy atom. The molecule has 1 aliphatic heterocycles. The van der Waals surface area contributed by atoms with E-state index in [1.807, 2.05) is 26.0 Å². The summed E-state index contributed by atoms with van der Waals surface area (Å²) in [5.74, 6) is 0.890. The van der Waals surface area contributed by atoms with Gasteiger partial charge in [-0.05, 0) is 36.1 Å². The van der Waals surface area contributed by atoms with Gasteiger partial charge in [-0.1, -0.05) is 13.8 Å². The lowest BCUT2D eigenvalue weighted by Gasteiger charge is -2.20. The fourth-order valence-corrected chi connectivity index (χ4v) is 3.62. The lowest BCUT2D eigenvalue weighted by Crippen LogP contribution is -2.48. The van der Waals surface area contributed by atoms with E-state index >= 15 is 0 Å². The third-order valence-corrected chi connectivity index (χ3v) is 5.11. The van der Waals surface area contributed by atoms with Gasteiger partial charge in [0.15, 0.2) is 11.5 Å². The minimum Gasteiger partial charge on any atom is -0.493 e. The fourth-order valence-electron chi connectivity index (χ4n) is 3.62. The summed E-state index contributed by atoms with van der Waals surface area (Å²) in [7, 11) is 3.17. The van der Waals surface area contributed by atoms with E-state index in [9.17, 15) is 9.59 Å². The maximum absolute atomic E-state index is 13.0. The summed E-state index contributed by atoms with van der Waals surface area (Å²) in [5.41, 5.74) is 2.87. The van der Waals surface area contributed by atoms with Crippen LogP contribution in [-0.2, 0) is 11.3 Å². The summed E-state index contributed by atoms with van der Waals surface area (Å²) < 4.78 is 11.1. The first-order chi connectivity index (χ1) is 14.9. The first kappa shape index (κ1) is 22.6. The summed E-state index contributed by atoms with van der Waals surface area (Å²) in [6.07, 6.45) is 3.72. The van der Waals surface area contributed by atoms with Crippen molar-refractivity contribution >= 4 is 11.8 Å². The molecule has 0 aliphatic carbocycles. The molecule has 3 N–H and O–H groups in total. The van der Waals surface area contributed by atoms with E-state index in [-0.39, 0.29) is 17.7 Å². The Labute approximate surface area is 182 Å². The van der Waals surface area contributed by atoms with Crippen molar-refractivity contribution in [1.29, 1.82) is 0 Å². The van der Waals surface area contributed by atoms with Gasteiger partial charge in [-0.2, -0.15) is 0 Å². The van der Waals surface area contributed by atoms with Gasteiger partial charge >= 0.3 is 0 Å². The number of hydrogen-bond donors (Lipinski definition) is 3. The molecule has 1 aromatic heterocycles. The summed E-state index contributed by atoms with van der Waals surface area (Å²) in [5, 5.41) is 9.10. The maximum atomic E-state index is 13.0. The smallest absolute Gasteiger partial charge is 0.253 e. The minimum absolute atomic E-state index is 0.188. The molecule has 0 spiro atoms. The molecule has 2 amide bonds. The first-order valence-electron chi connectivity index (χ1n) is 10.4. The molecule has 1 aliphatic rings. The topological polar surface area (TPSA) is 102 Å². The lowest BCUT2D eigenvalue weighted by molar-refractivity contribution is -0.123. The molecule has 2 aromatic rings. The Balaban J connectivity index is 2.06. The van der Waals surface area contributed by atoms with Crippen LogP contribution in [0.3, 0.4) is 0 Å². The number of carbonyl (C=O) groups is 2. The molecule has 31 heavy (non-hydrogen) atoms. The normalized spacial score (nSPS) is 17.3. The minimum atomic E-state index is -0.614. The molecule has 0 unspecified atom stereocenters. The Morgan fingerprint density at radius 3 is 2.55 bits per heavy atom. The molecule has 0 saturated carbocycles. The number of nitrogens with zero attached hydrogens (tertiary/aromatic N) is 1. The Hall–Kier alpha value is -3.13. The van der Waals surface area contributed by atoms with Crippen molar-refractivity contribution in [3.05, 3.63) is 41.7 Å². The summed E-state index contributed by atoms with van der Waals surface area (Å²) in [4.78, 5) is 29.9. The molecule has 0 fully saturated rings. The van der Waals surface area contributed by atoms with Gasteiger partial charge in [0, 0.05) is 43.2 Å². The molecule has 8 heteroatoms. The average Bonchev–Trinajstić information content (AvgIpc) is 2.76. The zero-order chi connectivity index (χ0) is 22.4. The third kappa shape index (κ3) is 5.52. The Morgan fingerprint density at radius 2 is 1.84 bits per heavy atom. The molecule has 166 valence electrons. The predicted octanol–water partition coefficient (Wildman–Crippen LogP) is 2.13. The molecule has 0 saturated heterocycles. The van der Waals surface area contributed by atoms with E-state index in [1.54, 1.807) is 26.5 Å². The van der Waals surface area contributed by atoms with E-state index in [0.717, 1.165) is 16.7 Å². The number of benzene rings is 1. The number of rotatable bonds is 4. The van der Waals surface area contributed by atoms with Gasteiger partial charge in [0.1, 0.15) is 6.04 Å².